The van der Waals surface area contributed by atoms with Crippen molar-refractivity contribution in [3.05, 3.63) is 71.3 Å². The van der Waals surface area contributed by atoms with Crippen LogP contribution in [0, 0.1) is 5.41 Å². The third-order valence-corrected chi connectivity index (χ3v) is 5.73. The van der Waals surface area contributed by atoms with Crippen LogP contribution in [-0.2, 0) is 6.42 Å². The fourth-order valence-electron chi connectivity index (χ4n) is 4.43. The summed E-state index contributed by atoms with van der Waals surface area (Å²) in [5, 5.41) is 0. The molecule has 0 N–H and O–H groups in total. The number of ketones is 1. The lowest BCUT2D eigenvalue weighted by Gasteiger charge is -2.41. The highest BCUT2D eigenvalue weighted by Crippen LogP contribution is 2.41. The number of aryl methyl sites for hydroxylation is 1. The molecule has 1 heterocycles. The summed E-state index contributed by atoms with van der Waals surface area (Å²) in [5.41, 5.74) is 2.33. The number of fused-ring (bicyclic) bond motifs is 1. The van der Waals surface area contributed by atoms with Crippen LogP contribution >= 0.6 is 0 Å². The number of rotatable bonds is 1. The van der Waals surface area contributed by atoms with Gasteiger partial charge in [-0.25, -0.2) is 0 Å². The smallest absolute Gasteiger partial charge is 0.253 e. The van der Waals surface area contributed by atoms with Crippen LogP contribution in [0.4, 0.5) is 0 Å². The molecule has 0 radical (unpaired) electrons. The van der Waals surface area contributed by atoms with Gasteiger partial charge in [-0.1, -0.05) is 42.5 Å². The van der Waals surface area contributed by atoms with Gasteiger partial charge in [-0.05, 0) is 49.8 Å². The average molecular weight is 333 g/mol. The van der Waals surface area contributed by atoms with E-state index in [0.717, 1.165) is 49.8 Å². The van der Waals surface area contributed by atoms with Gasteiger partial charge in [-0.3, -0.25) is 9.59 Å². The van der Waals surface area contributed by atoms with Gasteiger partial charge in [0, 0.05) is 24.2 Å². The first-order valence-electron chi connectivity index (χ1n) is 9.17. The molecule has 1 fully saturated rings. The summed E-state index contributed by atoms with van der Waals surface area (Å²) < 4.78 is 0. The lowest BCUT2D eigenvalue weighted by molar-refractivity contribution is 0.0429. The summed E-state index contributed by atoms with van der Waals surface area (Å²) in [6.07, 6.45) is 4.62. The standard InChI is InChI=1S/C22H23NO2/c24-20-19-12-5-4-8-17(19)11-6-13-22(20)14-7-15-23(16-22)21(25)18-9-2-1-3-10-18/h1-5,8-10,12H,6-7,11,13-16H2. The second-order valence-electron chi connectivity index (χ2n) is 7.32. The van der Waals surface area contributed by atoms with E-state index in [1.54, 1.807) is 0 Å². The molecule has 0 saturated carbocycles. The van der Waals surface area contributed by atoms with E-state index in [1.165, 1.54) is 0 Å². The van der Waals surface area contributed by atoms with Gasteiger partial charge in [-0.15, -0.1) is 0 Å². The molecule has 128 valence electrons. The second kappa shape index (κ2) is 6.47. The third kappa shape index (κ3) is 2.88. The zero-order chi connectivity index (χ0) is 17.3. The number of Topliss-reactive ketones (excluding diaryl/α,β-unsaturated/α-hetero) is 1. The van der Waals surface area contributed by atoms with E-state index in [4.69, 9.17) is 0 Å². The molecule has 1 amide bonds. The normalized spacial score (nSPS) is 23.2. The van der Waals surface area contributed by atoms with Crippen LogP contribution in [0.3, 0.4) is 0 Å². The molecule has 25 heavy (non-hydrogen) atoms. The van der Waals surface area contributed by atoms with Crippen molar-refractivity contribution in [2.45, 2.75) is 32.1 Å². The van der Waals surface area contributed by atoms with Crippen LogP contribution in [0.15, 0.2) is 54.6 Å². The molecular weight excluding hydrogens is 310 g/mol. The highest BCUT2D eigenvalue weighted by atomic mass is 16.2. The lowest BCUT2D eigenvalue weighted by atomic mass is 9.72. The zero-order valence-electron chi connectivity index (χ0n) is 14.4. The summed E-state index contributed by atoms with van der Waals surface area (Å²) >= 11 is 0. The van der Waals surface area contributed by atoms with Crippen molar-refractivity contribution in [3.63, 3.8) is 0 Å². The number of hydrogen-bond donors (Lipinski definition) is 0. The number of nitrogens with zero attached hydrogens (tertiary/aromatic N) is 1. The Bertz CT molecular complexity index is 799. The van der Waals surface area contributed by atoms with Gasteiger partial charge in [-0.2, -0.15) is 0 Å². The Kier molecular flexibility index (Phi) is 4.16. The number of likely N-dealkylation sites (tertiary alicyclic amines) is 1. The molecule has 3 heteroatoms. The topological polar surface area (TPSA) is 37.4 Å². The Balaban J connectivity index is 1.64. The van der Waals surface area contributed by atoms with Crippen LogP contribution in [0.2, 0.25) is 0 Å². The van der Waals surface area contributed by atoms with E-state index < -0.39 is 5.41 Å². The highest BCUT2D eigenvalue weighted by molar-refractivity contribution is 6.03. The van der Waals surface area contributed by atoms with Crippen molar-refractivity contribution in [2.24, 2.45) is 5.41 Å². The molecule has 2 aromatic carbocycles. The Morgan fingerprint density at radius 2 is 1.64 bits per heavy atom. The van der Waals surface area contributed by atoms with Crippen LogP contribution in [0.5, 0.6) is 0 Å². The third-order valence-electron chi connectivity index (χ3n) is 5.73. The van der Waals surface area contributed by atoms with Crippen molar-refractivity contribution in [3.8, 4) is 0 Å². The first-order chi connectivity index (χ1) is 12.2. The van der Waals surface area contributed by atoms with Crippen LogP contribution in [0.1, 0.15) is 52.0 Å². The minimum atomic E-state index is -0.407. The van der Waals surface area contributed by atoms with E-state index in [-0.39, 0.29) is 11.7 Å². The maximum atomic E-state index is 13.4. The summed E-state index contributed by atoms with van der Waals surface area (Å²) in [7, 11) is 0. The molecular formula is C22H23NO2. The van der Waals surface area contributed by atoms with Crippen molar-refractivity contribution >= 4 is 11.7 Å². The van der Waals surface area contributed by atoms with Gasteiger partial charge >= 0.3 is 0 Å². The van der Waals surface area contributed by atoms with E-state index in [2.05, 4.69) is 6.07 Å². The maximum Gasteiger partial charge on any atom is 0.253 e. The largest absolute Gasteiger partial charge is 0.338 e. The van der Waals surface area contributed by atoms with E-state index in [0.29, 0.717) is 12.1 Å². The molecule has 2 aliphatic rings. The van der Waals surface area contributed by atoms with Crippen molar-refractivity contribution in [1.82, 2.24) is 4.90 Å². The molecule has 3 nitrogen and oxygen atoms in total. The fraction of sp³-hybridized carbons (Fsp3) is 0.364. The first kappa shape index (κ1) is 16.1. The summed E-state index contributed by atoms with van der Waals surface area (Å²) in [6.45, 7) is 1.29. The molecule has 1 aliphatic heterocycles. The number of piperidine rings is 1. The summed E-state index contributed by atoms with van der Waals surface area (Å²) in [4.78, 5) is 28.2. The monoisotopic (exact) mass is 333 g/mol. The number of carbonyl (C=O) groups excluding carboxylic acids is 2. The van der Waals surface area contributed by atoms with Crippen LogP contribution in [-0.4, -0.2) is 29.7 Å². The SMILES string of the molecule is O=C(c1ccccc1)N1CCCC2(CCCc3ccccc3C2=O)C1. The molecule has 4 rings (SSSR count). The Morgan fingerprint density at radius 3 is 2.48 bits per heavy atom. The number of benzene rings is 2. The number of amides is 1. The van der Waals surface area contributed by atoms with Gasteiger partial charge in [0.2, 0.25) is 0 Å². The Morgan fingerprint density at radius 1 is 0.920 bits per heavy atom. The molecule has 0 aromatic heterocycles. The van der Waals surface area contributed by atoms with Gasteiger partial charge in [0.1, 0.15) is 0 Å². The molecule has 1 aliphatic carbocycles. The summed E-state index contributed by atoms with van der Waals surface area (Å²) in [5.74, 6) is 0.288. The second-order valence-corrected chi connectivity index (χ2v) is 7.32. The fourth-order valence-corrected chi connectivity index (χ4v) is 4.43. The van der Waals surface area contributed by atoms with Crippen molar-refractivity contribution < 1.29 is 9.59 Å². The van der Waals surface area contributed by atoms with Crippen molar-refractivity contribution in [2.75, 3.05) is 13.1 Å². The first-order valence-corrected chi connectivity index (χ1v) is 9.17. The number of hydrogen-bond acceptors (Lipinski definition) is 2. The minimum Gasteiger partial charge on any atom is -0.338 e. The molecule has 0 bridgehead atoms. The predicted molar refractivity (Wildman–Crippen MR) is 97.7 cm³/mol. The number of carbonyl (C=O) groups is 2. The van der Waals surface area contributed by atoms with Crippen molar-refractivity contribution in [1.29, 1.82) is 0 Å². The highest BCUT2D eigenvalue weighted by Gasteiger charge is 2.44. The van der Waals surface area contributed by atoms with E-state index in [9.17, 15) is 9.59 Å². The predicted octanol–water partition coefficient (Wildman–Crippen LogP) is 4.13. The van der Waals surface area contributed by atoms with Gasteiger partial charge in [0.25, 0.3) is 5.91 Å². The van der Waals surface area contributed by atoms with Crippen LogP contribution in [0.25, 0.3) is 0 Å². The quantitative estimate of drug-likeness (QED) is 0.787. The molecule has 1 unspecified atom stereocenters. The van der Waals surface area contributed by atoms with E-state index in [1.807, 2.05) is 53.4 Å². The maximum absolute atomic E-state index is 13.4. The molecule has 1 atom stereocenters. The molecule has 1 saturated heterocycles. The van der Waals surface area contributed by atoms with Gasteiger partial charge < -0.3 is 4.90 Å². The minimum absolute atomic E-state index is 0.0463. The lowest BCUT2D eigenvalue weighted by Crippen LogP contribution is -2.49. The van der Waals surface area contributed by atoms with E-state index >= 15 is 0 Å². The molecule has 1 spiro atoms. The van der Waals surface area contributed by atoms with Crippen LogP contribution < -0.4 is 0 Å². The molecule has 2 aromatic rings. The van der Waals surface area contributed by atoms with Gasteiger partial charge in [0.15, 0.2) is 5.78 Å². The van der Waals surface area contributed by atoms with Gasteiger partial charge in [0.05, 0.1) is 5.41 Å². The Labute approximate surface area is 148 Å². The summed E-state index contributed by atoms with van der Waals surface area (Å²) in [6, 6.07) is 17.4. The zero-order valence-corrected chi connectivity index (χ0v) is 14.4. The Hall–Kier alpha value is -2.42. The average Bonchev–Trinajstić information content (AvgIpc) is 2.80.